The van der Waals surface area contributed by atoms with Crippen molar-refractivity contribution in [3.8, 4) is 0 Å². The van der Waals surface area contributed by atoms with Crippen LogP contribution >= 0.6 is 7.82 Å². The van der Waals surface area contributed by atoms with Crippen LogP contribution in [0.1, 0.15) is 200 Å². The number of quaternary nitrogens is 1. The molecule has 1 N–H and O–H groups in total. The molecule has 0 rings (SSSR count). The molecule has 0 saturated heterocycles. The molecular formula is C65H107NO8P+. The van der Waals surface area contributed by atoms with Crippen LogP contribution in [0.25, 0.3) is 0 Å². The number of hydrogen-bond acceptors (Lipinski definition) is 7. The fourth-order valence-electron chi connectivity index (χ4n) is 7.13. The van der Waals surface area contributed by atoms with Gasteiger partial charge in [0.25, 0.3) is 0 Å². The van der Waals surface area contributed by atoms with Gasteiger partial charge in [-0.05, 0) is 122 Å². The van der Waals surface area contributed by atoms with Gasteiger partial charge in [0.05, 0.1) is 27.7 Å². The highest BCUT2D eigenvalue weighted by molar-refractivity contribution is 7.47. The van der Waals surface area contributed by atoms with Crippen LogP contribution in [0.15, 0.2) is 146 Å². The Labute approximate surface area is 459 Å². The summed E-state index contributed by atoms with van der Waals surface area (Å²) in [5.41, 5.74) is 0. The molecule has 2 unspecified atom stereocenters. The zero-order chi connectivity index (χ0) is 54.9. The summed E-state index contributed by atoms with van der Waals surface area (Å²) in [6.45, 7) is 4.22. The van der Waals surface area contributed by atoms with Crippen molar-refractivity contribution in [2.45, 2.75) is 206 Å². The van der Waals surface area contributed by atoms with Crippen LogP contribution in [0.2, 0.25) is 0 Å². The summed E-state index contributed by atoms with van der Waals surface area (Å²) in [4.78, 5) is 35.6. The van der Waals surface area contributed by atoms with Gasteiger partial charge in [0.1, 0.15) is 19.8 Å². The van der Waals surface area contributed by atoms with E-state index in [1.165, 1.54) is 51.4 Å². The van der Waals surface area contributed by atoms with Crippen LogP contribution in [0.4, 0.5) is 0 Å². The average molecular weight is 1060 g/mol. The number of rotatable bonds is 51. The van der Waals surface area contributed by atoms with Crippen LogP contribution in [0.5, 0.6) is 0 Å². The number of hydrogen-bond donors (Lipinski definition) is 1. The molecular weight excluding hydrogens is 954 g/mol. The van der Waals surface area contributed by atoms with Crippen molar-refractivity contribution in [1.82, 2.24) is 0 Å². The van der Waals surface area contributed by atoms with E-state index in [0.717, 1.165) is 109 Å². The molecule has 0 aliphatic heterocycles. The minimum Gasteiger partial charge on any atom is -0.462 e. The summed E-state index contributed by atoms with van der Waals surface area (Å²) in [5.74, 6) is -0.870. The molecule has 0 fully saturated rings. The van der Waals surface area contributed by atoms with Crippen LogP contribution < -0.4 is 0 Å². The Bertz CT molecular complexity index is 1770. The van der Waals surface area contributed by atoms with Crippen molar-refractivity contribution < 1.29 is 42.1 Å². The molecule has 0 heterocycles. The molecule has 0 spiro atoms. The molecule has 0 saturated carbocycles. The third kappa shape index (κ3) is 59.0. The second kappa shape index (κ2) is 54.7. The summed E-state index contributed by atoms with van der Waals surface area (Å²) < 4.78 is 34.5. The van der Waals surface area contributed by atoms with Crippen LogP contribution in [-0.2, 0) is 32.7 Å². The van der Waals surface area contributed by atoms with Gasteiger partial charge in [0, 0.05) is 12.8 Å². The van der Waals surface area contributed by atoms with Gasteiger partial charge in [-0.2, -0.15) is 0 Å². The van der Waals surface area contributed by atoms with Crippen LogP contribution in [-0.4, -0.2) is 74.9 Å². The Morgan fingerprint density at radius 1 is 0.427 bits per heavy atom. The number of phosphoric acid groups is 1. The first-order chi connectivity index (χ1) is 36.5. The lowest BCUT2D eigenvalue weighted by Crippen LogP contribution is -2.37. The quantitative estimate of drug-likeness (QED) is 0.0211. The summed E-state index contributed by atoms with van der Waals surface area (Å²) in [6, 6.07) is 0. The SMILES string of the molecule is CC/C=C\C/C=C\C/C=C\C/C=C\C/C=C\C/C=C\C/C=C\C/C=C\C/C=C\C/C=C\CCCCC(=O)OC(COC(=O)CCCCCCCCC/C=C\C/C=C\CCCCCC)COP(=O)(O)OCC[N+](C)(C)C. The highest BCUT2D eigenvalue weighted by atomic mass is 31.2. The van der Waals surface area contributed by atoms with Crippen molar-refractivity contribution >= 4 is 19.8 Å². The van der Waals surface area contributed by atoms with Gasteiger partial charge in [0.2, 0.25) is 0 Å². The highest BCUT2D eigenvalue weighted by Crippen LogP contribution is 2.43. The summed E-state index contributed by atoms with van der Waals surface area (Å²) in [5, 5.41) is 0. The van der Waals surface area contributed by atoms with Crippen molar-refractivity contribution in [2.75, 3.05) is 47.5 Å². The third-order valence-corrected chi connectivity index (χ3v) is 12.6. The van der Waals surface area contributed by atoms with E-state index in [0.29, 0.717) is 23.9 Å². The van der Waals surface area contributed by atoms with Crippen molar-refractivity contribution in [2.24, 2.45) is 0 Å². The third-order valence-electron chi connectivity index (χ3n) is 11.6. The standard InChI is InChI=1S/C65H106NO8P/c1-6-8-10-12-14-16-18-20-22-24-26-27-28-29-30-31-32-33-34-35-36-37-38-39-40-42-44-46-48-50-52-54-56-58-65(68)74-63(62-73-75(69,70)72-60-59-66(3,4)5)61-71-64(67)57-55-53-51-49-47-45-43-41-25-23-21-19-17-15-13-11-9-7-2/h8,10,14,16-17,19-20,22-23,25-27,29-30,32-33,35-36,38-39,42,44,48,50,63H,6-7,9,11-13,15,18,21,24,28,31,34,37,40-41,43,45-47,49,51-62H2,1-5H3/p+1/b10-8-,16-14-,19-17-,22-20-,25-23-,27-26-,30-29-,33-32-,36-35-,39-38-,44-42-,50-48-. The number of carbonyl (C=O) groups is 2. The molecule has 0 aliphatic carbocycles. The Morgan fingerprint density at radius 2 is 0.760 bits per heavy atom. The number of phosphoric ester groups is 1. The molecule has 424 valence electrons. The number of ether oxygens (including phenoxy) is 2. The van der Waals surface area contributed by atoms with E-state index in [-0.39, 0.29) is 26.1 Å². The minimum absolute atomic E-state index is 0.0132. The lowest BCUT2D eigenvalue weighted by atomic mass is 10.1. The summed E-state index contributed by atoms with van der Waals surface area (Å²) >= 11 is 0. The highest BCUT2D eigenvalue weighted by Gasteiger charge is 2.27. The van der Waals surface area contributed by atoms with Crippen molar-refractivity contribution in [1.29, 1.82) is 0 Å². The van der Waals surface area contributed by atoms with Crippen molar-refractivity contribution in [3.63, 3.8) is 0 Å². The molecule has 0 aliphatic rings. The van der Waals surface area contributed by atoms with E-state index in [4.69, 9.17) is 18.5 Å². The van der Waals surface area contributed by atoms with Crippen LogP contribution in [0, 0.1) is 0 Å². The van der Waals surface area contributed by atoms with E-state index in [1.54, 1.807) is 0 Å². The average Bonchev–Trinajstić information content (AvgIpc) is 3.37. The summed E-state index contributed by atoms with van der Waals surface area (Å²) in [6.07, 6.45) is 80.6. The molecule has 0 bridgehead atoms. The maximum absolute atomic E-state index is 12.8. The number of carbonyl (C=O) groups excluding carboxylic acids is 2. The Morgan fingerprint density at radius 3 is 1.16 bits per heavy atom. The lowest BCUT2D eigenvalue weighted by Gasteiger charge is -2.24. The molecule has 2 atom stereocenters. The number of unbranched alkanes of at least 4 members (excludes halogenated alkanes) is 13. The lowest BCUT2D eigenvalue weighted by molar-refractivity contribution is -0.870. The number of likely N-dealkylation sites (N-methyl/N-ethyl adjacent to an activating group) is 1. The molecule has 9 nitrogen and oxygen atoms in total. The van der Waals surface area contributed by atoms with Crippen molar-refractivity contribution in [3.05, 3.63) is 146 Å². The monoisotopic (exact) mass is 1060 g/mol. The first-order valence-electron chi connectivity index (χ1n) is 29.1. The fourth-order valence-corrected chi connectivity index (χ4v) is 7.87. The molecule has 0 amide bonds. The zero-order valence-corrected chi connectivity index (χ0v) is 48.9. The first-order valence-corrected chi connectivity index (χ1v) is 30.6. The zero-order valence-electron chi connectivity index (χ0n) is 48.0. The minimum atomic E-state index is -4.41. The topological polar surface area (TPSA) is 108 Å². The molecule has 10 heteroatoms. The van der Waals surface area contributed by atoms with Gasteiger partial charge in [-0.3, -0.25) is 18.6 Å². The largest absolute Gasteiger partial charge is 0.472 e. The van der Waals surface area contributed by atoms with E-state index < -0.39 is 32.5 Å². The smallest absolute Gasteiger partial charge is 0.462 e. The molecule has 75 heavy (non-hydrogen) atoms. The normalized spacial score (nSPS) is 14.4. The second-order valence-electron chi connectivity index (χ2n) is 19.9. The van der Waals surface area contributed by atoms with E-state index in [1.807, 2.05) is 21.1 Å². The van der Waals surface area contributed by atoms with Gasteiger partial charge in [-0.25, -0.2) is 4.57 Å². The van der Waals surface area contributed by atoms with Gasteiger partial charge in [-0.15, -0.1) is 0 Å². The van der Waals surface area contributed by atoms with E-state index >= 15 is 0 Å². The predicted octanol–water partition coefficient (Wildman–Crippen LogP) is 18.3. The molecule has 0 aromatic carbocycles. The predicted molar refractivity (Wildman–Crippen MR) is 320 cm³/mol. The Kier molecular flexibility index (Phi) is 51.7. The maximum atomic E-state index is 12.8. The molecule has 0 aromatic heterocycles. The van der Waals surface area contributed by atoms with Crippen LogP contribution in [0.3, 0.4) is 0 Å². The second-order valence-corrected chi connectivity index (χ2v) is 21.4. The summed E-state index contributed by atoms with van der Waals surface area (Å²) in [7, 11) is 1.42. The number of esters is 2. The van der Waals surface area contributed by atoms with Gasteiger partial charge in [-0.1, -0.05) is 211 Å². The number of allylic oxidation sites excluding steroid dienone is 24. The van der Waals surface area contributed by atoms with E-state index in [2.05, 4.69) is 160 Å². The Balaban J connectivity index is 4.32. The first kappa shape index (κ1) is 70.9. The van der Waals surface area contributed by atoms with Gasteiger partial charge in [0.15, 0.2) is 6.10 Å². The maximum Gasteiger partial charge on any atom is 0.472 e. The van der Waals surface area contributed by atoms with Gasteiger partial charge >= 0.3 is 19.8 Å². The van der Waals surface area contributed by atoms with Gasteiger partial charge < -0.3 is 18.9 Å². The van der Waals surface area contributed by atoms with E-state index in [9.17, 15) is 19.0 Å². The molecule has 0 radical (unpaired) electrons. The number of nitrogens with zero attached hydrogens (tertiary/aromatic N) is 1. The molecule has 0 aromatic rings. The Hall–Kier alpha value is -4.11. The fraction of sp³-hybridized carbons (Fsp3) is 0.600.